The lowest BCUT2D eigenvalue weighted by molar-refractivity contribution is -0.134. The number of halogens is 2. The van der Waals surface area contributed by atoms with E-state index >= 15 is 0 Å². The van der Waals surface area contributed by atoms with Crippen molar-refractivity contribution < 1.29 is 9.21 Å². The first-order chi connectivity index (χ1) is 11.8. The van der Waals surface area contributed by atoms with Gasteiger partial charge in [-0.3, -0.25) is 4.79 Å². The van der Waals surface area contributed by atoms with Gasteiger partial charge in [0.25, 0.3) is 0 Å². The van der Waals surface area contributed by atoms with Crippen molar-refractivity contribution in [3.8, 4) is 11.3 Å². The Morgan fingerprint density at radius 3 is 2.73 bits per heavy atom. The molecule has 1 saturated heterocycles. The van der Waals surface area contributed by atoms with Crippen molar-refractivity contribution >= 4 is 30.7 Å². The number of amides is 1. The van der Waals surface area contributed by atoms with Crippen molar-refractivity contribution in [1.82, 2.24) is 9.88 Å². The van der Waals surface area contributed by atoms with E-state index in [1.54, 1.807) is 6.20 Å². The van der Waals surface area contributed by atoms with Crippen molar-refractivity contribution in [2.24, 2.45) is 5.73 Å². The van der Waals surface area contributed by atoms with E-state index in [2.05, 4.69) is 4.98 Å². The van der Waals surface area contributed by atoms with E-state index in [0.29, 0.717) is 25.3 Å². The number of benzene rings is 1. The summed E-state index contributed by atoms with van der Waals surface area (Å²) in [5.74, 6) is 1.67. The quantitative estimate of drug-likeness (QED) is 0.800. The standard InChI is InChI=1S/C19H25N3O2.2ClH/c20-13-16-9-4-5-12-22(16)19(23)11-6-10-18-21-14-17(24-18)15-7-2-1-3-8-15;;/h1-3,7-8,14,16H,4-6,9-13,20H2;2*1H. The molecule has 144 valence electrons. The van der Waals surface area contributed by atoms with Gasteiger partial charge >= 0.3 is 0 Å². The van der Waals surface area contributed by atoms with Gasteiger partial charge in [-0.05, 0) is 25.7 Å². The number of carbonyl (C=O) groups excluding carboxylic acids is 1. The maximum absolute atomic E-state index is 12.4. The Morgan fingerprint density at radius 2 is 2.00 bits per heavy atom. The summed E-state index contributed by atoms with van der Waals surface area (Å²) in [6.07, 6.45) is 7.00. The number of aromatic nitrogens is 1. The Morgan fingerprint density at radius 1 is 1.23 bits per heavy atom. The van der Waals surface area contributed by atoms with Gasteiger partial charge in [0.2, 0.25) is 5.91 Å². The summed E-state index contributed by atoms with van der Waals surface area (Å²) in [7, 11) is 0. The molecule has 1 aromatic heterocycles. The van der Waals surface area contributed by atoms with Crippen LogP contribution < -0.4 is 5.73 Å². The summed E-state index contributed by atoms with van der Waals surface area (Å²) in [4.78, 5) is 18.7. The van der Waals surface area contributed by atoms with Crippen LogP contribution >= 0.6 is 24.8 Å². The number of piperidine rings is 1. The summed E-state index contributed by atoms with van der Waals surface area (Å²) in [6.45, 7) is 1.41. The fourth-order valence-corrected chi connectivity index (χ4v) is 3.27. The largest absolute Gasteiger partial charge is 0.441 e. The second-order valence-corrected chi connectivity index (χ2v) is 6.31. The van der Waals surface area contributed by atoms with E-state index in [9.17, 15) is 4.79 Å². The molecule has 0 spiro atoms. The third kappa shape index (κ3) is 5.73. The monoisotopic (exact) mass is 399 g/mol. The first-order valence-corrected chi connectivity index (χ1v) is 8.77. The number of likely N-dealkylation sites (tertiary alicyclic amines) is 1. The van der Waals surface area contributed by atoms with Gasteiger partial charge in [-0.1, -0.05) is 30.3 Å². The lowest BCUT2D eigenvalue weighted by Crippen LogP contribution is -2.47. The van der Waals surface area contributed by atoms with Crippen LogP contribution in [0.3, 0.4) is 0 Å². The van der Waals surface area contributed by atoms with Crippen LogP contribution in [-0.4, -0.2) is 34.9 Å². The molecular formula is C19H27Cl2N3O2. The molecule has 0 saturated carbocycles. The smallest absolute Gasteiger partial charge is 0.222 e. The maximum atomic E-state index is 12.4. The number of carbonyl (C=O) groups is 1. The summed E-state index contributed by atoms with van der Waals surface area (Å²) in [5.41, 5.74) is 6.81. The molecule has 1 aliphatic rings. The van der Waals surface area contributed by atoms with E-state index in [4.69, 9.17) is 10.2 Å². The highest BCUT2D eigenvalue weighted by Crippen LogP contribution is 2.21. The fraction of sp³-hybridized carbons (Fsp3) is 0.474. The molecule has 1 fully saturated rings. The van der Waals surface area contributed by atoms with E-state index < -0.39 is 0 Å². The van der Waals surface area contributed by atoms with Gasteiger partial charge in [0.05, 0.1) is 6.20 Å². The van der Waals surface area contributed by atoms with Gasteiger partial charge in [0, 0.05) is 37.5 Å². The lowest BCUT2D eigenvalue weighted by Gasteiger charge is -2.35. The highest BCUT2D eigenvalue weighted by Gasteiger charge is 2.25. The van der Waals surface area contributed by atoms with Crippen molar-refractivity contribution in [1.29, 1.82) is 0 Å². The topological polar surface area (TPSA) is 72.4 Å². The van der Waals surface area contributed by atoms with Crippen LogP contribution in [0.5, 0.6) is 0 Å². The number of hydrogen-bond acceptors (Lipinski definition) is 4. The van der Waals surface area contributed by atoms with Crippen molar-refractivity contribution in [2.75, 3.05) is 13.1 Å². The van der Waals surface area contributed by atoms with Crippen LogP contribution in [0, 0.1) is 0 Å². The van der Waals surface area contributed by atoms with Gasteiger partial charge in [0.15, 0.2) is 11.7 Å². The minimum absolute atomic E-state index is 0. The second-order valence-electron chi connectivity index (χ2n) is 6.31. The minimum atomic E-state index is 0. The number of hydrogen-bond donors (Lipinski definition) is 1. The zero-order valence-corrected chi connectivity index (χ0v) is 16.4. The van der Waals surface area contributed by atoms with E-state index in [1.165, 1.54) is 6.42 Å². The predicted molar refractivity (Wildman–Crippen MR) is 108 cm³/mol. The third-order valence-electron chi connectivity index (χ3n) is 4.61. The van der Waals surface area contributed by atoms with Crippen molar-refractivity contribution in [3.63, 3.8) is 0 Å². The average molecular weight is 400 g/mol. The van der Waals surface area contributed by atoms with Gasteiger partial charge in [-0.15, -0.1) is 24.8 Å². The predicted octanol–water partition coefficient (Wildman–Crippen LogP) is 3.85. The number of oxazole rings is 1. The Labute approximate surface area is 167 Å². The van der Waals surface area contributed by atoms with Gasteiger partial charge in [-0.2, -0.15) is 0 Å². The molecule has 0 aliphatic carbocycles. The molecule has 2 N–H and O–H groups in total. The normalized spacial score (nSPS) is 16.5. The molecule has 1 aliphatic heterocycles. The van der Waals surface area contributed by atoms with Crippen molar-refractivity contribution in [2.45, 2.75) is 44.6 Å². The molecule has 7 heteroatoms. The molecule has 26 heavy (non-hydrogen) atoms. The van der Waals surface area contributed by atoms with Crippen LogP contribution in [-0.2, 0) is 11.2 Å². The summed E-state index contributed by atoms with van der Waals surface area (Å²) in [5, 5.41) is 0. The Bertz CT molecular complexity index is 664. The number of nitrogens with zero attached hydrogens (tertiary/aromatic N) is 2. The third-order valence-corrected chi connectivity index (χ3v) is 4.61. The molecule has 1 atom stereocenters. The molecule has 2 heterocycles. The van der Waals surface area contributed by atoms with Crippen LogP contribution in [0.25, 0.3) is 11.3 Å². The number of nitrogens with two attached hydrogens (primary N) is 1. The van der Waals surface area contributed by atoms with Crippen LogP contribution in [0.1, 0.15) is 38.0 Å². The van der Waals surface area contributed by atoms with Gasteiger partial charge in [0.1, 0.15) is 0 Å². The highest BCUT2D eigenvalue weighted by atomic mass is 35.5. The average Bonchev–Trinajstić information content (AvgIpc) is 3.11. The molecule has 5 nitrogen and oxygen atoms in total. The first kappa shape index (κ1) is 22.5. The van der Waals surface area contributed by atoms with E-state index in [-0.39, 0.29) is 36.8 Å². The fourth-order valence-electron chi connectivity index (χ4n) is 3.27. The van der Waals surface area contributed by atoms with Crippen LogP contribution in [0.2, 0.25) is 0 Å². The van der Waals surface area contributed by atoms with Crippen LogP contribution in [0.15, 0.2) is 40.9 Å². The maximum Gasteiger partial charge on any atom is 0.222 e. The van der Waals surface area contributed by atoms with Crippen LogP contribution in [0.4, 0.5) is 0 Å². The molecule has 0 radical (unpaired) electrons. The lowest BCUT2D eigenvalue weighted by atomic mass is 10.0. The summed E-state index contributed by atoms with van der Waals surface area (Å²) >= 11 is 0. The SMILES string of the molecule is Cl.Cl.NCC1CCCCN1C(=O)CCCc1ncc(-c2ccccc2)o1. The molecule has 3 rings (SSSR count). The van der Waals surface area contributed by atoms with Gasteiger partial charge < -0.3 is 15.1 Å². The minimum Gasteiger partial charge on any atom is -0.441 e. The zero-order chi connectivity index (χ0) is 16.8. The number of aryl methyl sites for hydroxylation is 1. The van der Waals surface area contributed by atoms with E-state index in [1.807, 2.05) is 35.2 Å². The Hall–Kier alpha value is -1.56. The second kappa shape index (κ2) is 11.2. The molecule has 1 amide bonds. The molecule has 0 bridgehead atoms. The van der Waals surface area contributed by atoms with Crippen molar-refractivity contribution in [3.05, 3.63) is 42.4 Å². The van der Waals surface area contributed by atoms with E-state index in [0.717, 1.165) is 37.1 Å². The molecule has 1 aromatic carbocycles. The Kier molecular flexibility index (Phi) is 9.70. The Balaban J connectivity index is 0.00000169. The zero-order valence-electron chi connectivity index (χ0n) is 14.8. The molecular weight excluding hydrogens is 373 g/mol. The molecule has 2 aromatic rings. The number of rotatable bonds is 6. The van der Waals surface area contributed by atoms with Gasteiger partial charge in [-0.25, -0.2) is 4.98 Å². The summed E-state index contributed by atoms with van der Waals surface area (Å²) in [6, 6.07) is 10.1. The highest BCUT2D eigenvalue weighted by molar-refractivity contribution is 5.85. The molecule has 1 unspecified atom stereocenters. The first-order valence-electron chi connectivity index (χ1n) is 8.77. The summed E-state index contributed by atoms with van der Waals surface area (Å²) < 4.78 is 5.78.